The van der Waals surface area contributed by atoms with Crippen LogP contribution < -0.4 is 19.1 Å². The molecule has 3 aromatic carbocycles. The fourth-order valence-corrected chi connectivity index (χ4v) is 6.62. The van der Waals surface area contributed by atoms with Gasteiger partial charge in [0.15, 0.2) is 11.5 Å². The highest BCUT2D eigenvalue weighted by Crippen LogP contribution is 2.36. The van der Waals surface area contributed by atoms with Gasteiger partial charge in [0.05, 0.1) is 10.6 Å². The third-order valence-electron chi connectivity index (χ3n) is 7.49. The average molecular weight is 578 g/mol. The number of carbonyl (C=O) groups is 2. The van der Waals surface area contributed by atoms with Gasteiger partial charge in [0.2, 0.25) is 11.8 Å². The summed E-state index contributed by atoms with van der Waals surface area (Å²) in [5.41, 5.74) is 1.09. The summed E-state index contributed by atoms with van der Waals surface area (Å²) in [7, 11) is -4.16. The molecular weight excluding hydrogens is 542 g/mol. The maximum atomic E-state index is 14.1. The predicted octanol–water partition coefficient (Wildman–Crippen LogP) is 4.13. The van der Waals surface area contributed by atoms with Gasteiger partial charge in [0.1, 0.15) is 25.8 Å². The highest BCUT2D eigenvalue weighted by atomic mass is 32.2. The lowest BCUT2D eigenvalue weighted by molar-refractivity contribution is -0.139. The molecule has 1 atom stereocenters. The number of ether oxygens (including phenoxy) is 2. The van der Waals surface area contributed by atoms with Gasteiger partial charge in [-0.05, 0) is 49.6 Å². The Hall–Kier alpha value is -4.05. The summed E-state index contributed by atoms with van der Waals surface area (Å²) in [5.74, 6) is 0.154. The number of benzene rings is 3. The first-order valence-electron chi connectivity index (χ1n) is 13.9. The SMILES string of the molecule is C[C@H](C(=O)NC1CCCC1)N(Cc1ccccc1)C(=O)CN(c1ccc2c(c1)OCCO2)S(=O)(=O)c1ccccc1. The molecule has 9 nitrogen and oxygen atoms in total. The van der Waals surface area contributed by atoms with Gasteiger partial charge in [-0.25, -0.2) is 8.42 Å². The molecule has 1 N–H and O–H groups in total. The first-order valence-corrected chi connectivity index (χ1v) is 15.4. The molecule has 0 saturated heterocycles. The van der Waals surface area contributed by atoms with E-state index in [-0.39, 0.29) is 29.1 Å². The fraction of sp³-hybridized carbons (Fsp3) is 0.355. The van der Waals surface area contributed by atoms with Crippen LogP contribution in [-0.4, -0.2) is 57.0 Å². The first kappa shape index (κ1) is 28.5. The van der Waals surface area contributed by atoms with E-state index in [0.717, 1.165) is 35.6 Å². The maximum absolute atomic E-state index is 14.1. The Morgan fingerprint density at radius 2 is 1.54 bits per heavy atom. The Labute approximate surface area is 241 Å². The standard InChI is InChI=1S/C31H35N3O6S/c1-23(31(36)32-25-12-8-9-13-25)33(21-24-10-4-2-5-11-24)30(35)22-34(41(37,38)27-14-6-3-7-15-27)26-16-17-28-29(20-26)40-19-18-39-28/h2-7,10-11,14-17,20,23,25H,8-9,12-13,18-19,21-22H2,1H3,(H,32,36)/t23-/m1/s1. The lowest BCUT2D eigenvalue weighted by Gasteiger charge is -2.32. The molecule has 216 valence electrons. The molecule has 5 rings (SSSR count). The Morgan fingerprint density at radius 1 is 0.902 bits per heavy atom. The second-order valence-electron chi connectivity index (χ2n) is 10.3. The number of amides is 2. The lowest BCUT2D eigenvalue weighted by atomic mass is 10.1. The molecule has 41 heavy (non-hydrogen) atoms. The monoisotopic (exact) mass is 577 g/mol. The van der Waals surface area contributed by atoms with Crippen molar-refractivity contribution in [1.82, 2.24) is 10.2 Å². The smallest absolute Gasteiger partial charge is 0.264 e. The summed E-state index contributed by atoms with van der Waals surface area (Å²) >= 11 is 0. The molecule has 10 heteroatoms. The second-order valence-corrected chi connectivity index (χ2v) is 12.2. The van der Waals surface area contributed by atoms with Crippen LogP contribution in [0.1, 0.15) is 38.2 Å². The highest BCUT2D eigenvalue weighted by molar-refractivity contribution is 7.92. The topological polar surface area (TPSA) is 105 Å². The number of rotatable bonds is 10. The Bertz CT molecular complexity index is 1460. The van der Waals surface area contributed by atoms with Crippen LogP contribution in [0, 0.1) is 0 Å². The normalized spacial score (nSPS) is 15.6. The van der Waals surface area contributed by atoms with E-state index in [9.17, 15) is 18.0 Å². The molecule has 1 heterocycles. The van der Waals surface area contributed by atoms with Crippen molar-refractivity contribution in [2.24, 2.45) is 0 Å². The Morgan fingerprint density at radius 3 is 2.22 bits per heavy atom. The largest absolute Gasteiger partial charge is 0.486 e. The molecule has 0 spiro atoms. The van der Waals surface area contributed by atoms with Crippen LogP contribution in [0.25, 0.3) is 0 Å². The molecule has 0 aromatic heterocycles. The van der Waals surface area contributed by atoms with E-state index in [0.29, 0.717) is 24.7 Å². The number of hydrogen-bond donors (Lipinski definition) is 1. The number of fused-ring (bicyclic) bond motifs is 1. The molecule has 1 saturated carbocycles. The van der Waals surface area contributed by atoms with Gasteiger partial charge in [-0.2, -0.15) is 0 Å². The zero-order chi connectivity index (χ0) is 28.8. The fourth-order valence-electron chi connectivity index (χ4n) is 5.19. The van der Waals surface area contributed by atoms with Gasteiger partial charge in [0.25, 0.3) is 10.0 Å². The molecule has 1 aliphatic carbocycles. The van der Waals surface area contributed by atoms with E-state index in [4.69, 9.17) is 9.47 Å². The minimum Gasteiger partial charge on any atom is -0.486 e. The van der Waals surface area contributed by atoms with Crippen LogP contribution in [0.5, 0.6) is 11.5 Å². The van der Waals surface area contributed by atoms with Crippen molar-refractivity contribution in [1.29, 1.82) is 0 Å². The lowest BCUT2D eigenvalue weighted by Crippen LogP contribution is -2.52. The number of sulfonamides is 1. The van der Waals surface area contributed by atoms with E-state index >= 15 is 0 Å². The van der Waals surface area contributed by atoms with E-state index < -0.39 is 28.5 Å². The summed E-state index contributed by atoms with van der Waals surface area (Å²) in [6.45, 7) is 2.06. The number of nitrogens with one attached hydrogen (secondary N) is 1. The summed E-state index contributed by atoms with van der Waals surface area (Å²) in [5, 5.41) is 3.08. The number of anilines is 1. The van der Waals surface area contributed by atoms with Crippen LogP contribution in [0.2, 0.25) is 0 Å². The van der Waals surface area contributed by atoms with Gasteiger partial charge in [-0.1, -0.05) is 61.4 Å². The number of nitrogens with zero attached hydrogens (tertiary/aromatic N) is 2. The summed E-state index contributed by atoms with van der Waals surface area (Å²) < 4.78 is 40.3. The van der Waals surface area contributed by atoms with Crippen molar-refractivity contribution in [2.45, 2.75) is 56.1 Å². The number of hydrogen-bond acceptors (Lipinski definition) is 6. The van der Waals surface area contributed by atoms with E-state index in [2.05, 4.69) is 5.32 Å². The molecular formula is C31H35N3O6S. The van der Waals surface area contributed by atoms with E-state index in [1.54, 1.807) is 43.3 Å². The third kappa shape index (κ3) is 6.65. The summed E-state index contributed by atoms with van der Waals surface area (Å²) in [6, 6.07) is 21.4. The van der Waals surface area contributed by atoms with Crippen LogP contribution in [0.3, 0.4) is 0 Å². The first-order chi connectivity index (χ1) is 19.8. The van der Waals surface area contributed by atoms with Crippen molar-refractivity contribution in [2.75, 3.05) is 24.1 Å². The Balaban J connectivity index is 1.48. The molecule has 0 bridgehead atoms. The van der Waals surface area contributed by atoms with Crippen LogP contribution in [-0.2, 0) is 26.2 Å². The summed E-state index contributed by atoms with van der Waals surface area (Å²) in [4.78, 5) is 28.9. The molecule has 2 aliphatic rings. The highest BCUT2D eigenvalue weighted by Gasteiger charge is 2.34. The Kier molecular flexibility index (Phi) is 8.78. The van der Waals surface area contributed by atoms with Crippen LogP contribution >= 0.6 is 0 Å². The molecule has 2 amide bonds. The van der Waals surface area contributed by atoms with Crippen LogP contribution in [0.15, 0.2) is 83.8 Å². The third-order valence-corrected chi connectivity index (χ3v) is 9.28. The minimum atomic E-state index is -4.16. The van der Waals surface area contributed by atoms with Crippen molar-refractivity contribution in [3.8, 4) is 11.5 Å². The van der Waals surface area contributed by atoms with E-state index in [1.165, 1.54) is 17.0 Å². The van der Waals surface area contributed by atoms with Gasteiger partial charge < -0.3 is 19.7 Å². The molecule has 1 aliphatic heterocycles. The molecule has 0 radical (unpaired) electrons. The van der Waals surface area contributed by atoms with Crippen molar-refractivity contribution in [3.63, 3.8) is 0 Å². The number of carbonyl (C=O) groups excluding carboxylic acids is 2. The quantitative estimate of drug-likeness (QED) is 0.389. The van der Waals surface area contributed by atoms with Gasteiger partial charge in [0, 0.05) is 18.7 Å². The van der Waals surface area contributed by atoms with Crippen molar-refractivity contribution >= 4 is 27.5 Å². The van der Waals surface area contributed by atoms with Gasteiger partial charge in [-0.15, -0.1) is 0 Å². The second kappa shape index (κ2) is 12.6. The van der Waals surface area contributed by atoms with Crippen molar-refractivity contribution < 1.29 is 27.5 Å². The summed E-state index contributed by atoms with van der Waals surface area (Å²) in [6.07, 6.45) is 3.96. The van der Waals surface area contributed by atoms with Gasteiger partial charge in [-0.3, -0.25) is 13.9 Å². The van der Waals surface area contributed by atoms with Gasteiger partial charge >= 0.3 is 0 Å². The zero-order valence-corrected chi connectivity index (χ0v) is 23.9. The molecule has 3 aromatic rings. The predicted molar refractivity (Wildman–Crippen MR) is 155 cm³/mol. The molecule has 1 fully saturated rings. The minimum absolute atomic E-state index is 0.0457. The van der Waals surface area contributed by atoms with Crippen LogP contribution in [0.4, 0.5) is 5.69 Å². The van der Waals surface area contributed by atoms with Crippen molar-refractivity contribution in [3.05, 3.63) is 84.4 Å². The maximum Gasteiger partial charge on any atom is 0.264 e. The van der Waals surface area contributed by atoms with E-state index in [1.807, 2.05) is 30.3 Å². The average Bonchev–Trinajstić information content (AvgIpc) is 3.52. The molecule has 0 unspecified atom stereocenters. The zero-order valence-electron chi connectivity index (χ0n) is 23.1.